The zero-order valence-corrected chi connectivity index (χ0v) is 31.1. The van der Waals surface area contributed by atoms with Gasteiger partial charge in [-0.3, -0.25) is 0 Å². The van der Waals surface area contributed by atoms with Gasteiger partial charge in [0.25, 0.3) is 0 Å². The first kappa shape index (κ1) is 32.8. The van der Waals surface area contributed by atoms with E-state index in [1.165, 1.54) is 38.5 Å². The van der Waals surface area contributed by atoms with Crippen LogP contribution in [0, 0.1) is 0 Å². The molecular weight excluding hydrogens is 693 g/mol. The van der Waals surface area contributed by atoms with Gasteiger partial charge in [0.05, 0.1) is 11.0 Å². The van der Waals surface area contributed by atoms with Crippen LogP contribution in [0.3, 0.4) is 0 Å². The highest BCUT2D eigenvalue weighted by atomic mass is 16.3. The van der Waals surface area contributed by atoms with Gasteiger partial charge in [-0.25, -0.2) is 0 Å². The lowest BCUT2D eigenvalue weighted by atomic mass is 10.0. The Morgan fingerprint density at radius 2 is 0.895 bits per heavy atom. The van der Waals surface area contributed by atoms with Gasteiger partial charge in [0.15, 0.2) is 0 Å². The van der Waals surface area contributed by atoms with Crippen molar-refractivity contribution in [1.29, 1.82) is 0 Å². The monoisotopic (exact) mass is 728 g/mol. The molecule has 0 N–H and O–H groups in total. The largest absolute Gasteiger partial charge is 0.455 e. The van der Waals surface area contributed by atoms with Gasteiger partial charge in [-0.05, 0) is 94.5 Å². The summed E-state index contributed by atoms with van der Waals surface area (Å²) in [5.41, 5.74) is 15.5. The van der Waals surface area contributed by atoms with Gasteiger partial charge in [-0.2, -0.15) is 0 Å². The van der Waals surface area contributed by atoms with E-state index in [0.29, 0.717) is 0 Å². The number of nitrogens with zero attached hydrogens (tertiary/aromatic N) is 2. The van der Waals surface area contributed by atoms with Crippen LogP contribution in [0.25, 0.3) is 82.8 Å². The Morgan fingerprint density at radius 1 is 0.333 bits per heavy atom. The topological polar surface area (TPSA) is 21.3 Å². The third-order valence-electron chi connectivity index (χ3n) is 11.2. The molecule has 0 amide bonds. The summed E-state index contributed by atoms with van der Waals surface area (Å²) in [6.07, 6.45) is 0. The molecule has 3 heteroatoms. The predicted molar refractivity (Wildman–Crippen MR) is 239 cm³/mol. The fraction of sp³-hybridized carbons (Fsp3) is 0. The van der Waals surface area contributed by atoms with E-state index in [2.05, 4.69) is 216 Å². The van der Waals surface area contributed by atoms with E-state index in [9.17, 15) is 0 Å². The van der Waals surface area contributed by atoms with Crippen molar-refractivity contribution in [3.05, 3.63) is 218 Å². The Kier molecular flexibility index (Phi) is 7.82. The number of hydrogen-bond donors (Lipinski definition) is 0. The van der Waals surface area contributed by atoms with E-state index < -0.39 is 0 Å². The number of furan rings is 1. The van der Waals surface area contributed by atoms with Crippen molar-refractivity contribution in [3.8, 4) is 39.1 Å². The van der Waals surface area contributed by atoms with E-state index in [-0.39, 0.29) is 0 Å². The highest BCUT2D eigenvalue weighted by molar-refractivity contribution is 6.11. The third kappa shape index (κ3) is 5.68. The van der Waals surface area contributed by atoms with Gasteiger partial charge < -0.3 is 13.9 Å². The second-order valence-corrected chi connectivity index (χ2v) is 14.5. The minimum atomic E-state index is 0.900. The van der Waals surface area contributed by atoms with Crippen molar-refractivity contribution in [2.75, 3.05) is 4.90 Å². The molecule has 0 radical (unpaired) electrons. The average molecular weight is 729 g/mol. The smallest absolute Gasteiger partial charge is 0.143 e. The molecule has 0 aliphatic carbocycles. The van der Waals surface area contributed by atoms with Crippen LogP contribution in [-0.4, -0.2) is 4.57 Å². The number of anilines is 3. The summed E-state index contributed by atoms with van der Waals surface area (Å²) >= 11 is 0. The molecule has 0 saturated heterocycles. The normalized spacial score (nSPS) is 11.5. The van der Waals surface area contributed by atoms with Crippen LogP contribution in [-0.2, 0) is 0 Å². The lowest BCUT2D eigenvalue weighted by molar-refractivity contribution is 0.670. The molecule has 3 nitrogen and oxygen atoms in total. The summed E-state index contributed by atoms with van der Waals surface area (Å²) in [7, 11) is 0. The number of benzene rings is 9. The number of aromatic nitrogens is 1. The fourth-order valence-corrected chi connectivity index (χ4v) is 8.48. The highest BCUT2D eigenvalue weighted by Gasteiger charge is 2.18. The van der Waals surface area contributed by atoms with Crippen molar-refractivity contribution < 1.29 is 4.42 Å². The van der Waals surface area contributed by atoms with Gasteiger partial charge >= 0.3 is 0 Å². The minimum Gasteiger partial charge on any atom is -0.455 e. The molecule has 11 rings (SSSR count). The first-order valence-corrected chi connectivity index (χ1v) is 19.4. The average Bonchev–Trinajstić information content (AvgIpc) is 3.83. The molecule has 2 heterocycles. The molecule has 57 heavy (non-hydrogen) atoms. The molecule has 268 valence electrons. The molecule has 0 spiro atoms. The lowest BCUT2D eigenvalue weighted by Gasteiger charge is -2.26. The van der Waals surface area contributed by atoms with Crippen LogP contribution in [0.4, 0.5) is 17.1 Å². The predicted octanol–water partition coefficient (Wildman–Crippen LogP) is 15.2. The Balaban J connectivity index is 1.02. The van der Waals surface area contributed by atoms with Gasteiger partial charge in [-0.15, -0.1) is 0 Å². The molecule has 9 aromatic carbocycles. The summed E-state index contributed by atoms with van der Waals surface area (Å²) in [6.45, 7) is 0. The second kappa shape index (κ2) is 13.6. The van der Waals surface area contributed by atoms with Crippen LogP contribution >= 0.6 is 0 Å². The summed E-state index contributed by atoms with van der Waals surface area (Å²) in [5.74, 6) is 0. The summed E-state index contributed by atoms with van der Waals surface area (Å²) in [5, 5.41) is 4.76. The maximum atomic E-state index is 6.48. The van der Waals surface area contributed by atoms with Crippen LogP contribution in [0.2, 0.25) is 0 Å². The Labute approximate surface area is 330 Å². The zero-order chi connectivity index (χ0) is 37.7. The van der Waals surface area contributed by atoms with Crippen molar-refractivity contribution in [3.63, 3.8) is 0 Å². The molecule has 2 aromatic heterocycles. The maximum absolute atomic E-state index is 6.48. The number of hydrogen-bond acceptors (Lipinski definition) is 2. The van der Waals surface area contributed by atoms with Gasteiger partial charge in [0.2, 0.25) is 0 Å². The molecule has 0 bridgehead atoms. The van der Waals surface area contributed by atoms with E-state index in [1.54, 1.807) is 0 Å². The first-order chi connectivity index (χ1) is 28.3. The lowest BCUT2D eigenvalue weighted by Crippen LogP contribution is -2.10. The Morgan fingerprint density at radius 3 is 1.67 bits per heavy atom. The maximum Gasteiger partial charge on any atom is 0.143 e. The number of fused-ring (bicyclic) bond motifs is 6. The van der Waals surface area contributed by atoms with E-state index >= 15 is 0 Å². The van der Waals surface area contributed by atoms with E-state index in [4.69, 9.17) is 4.42 Å². The minimum absolute atomic E-state index is 0.900. The molecule has 0 aliphatic rings. The SMILES string of the molecule is c1ccc(-c2ccc(N(c3ccc(-c4ccc5c6ccccc6n(-c6ccccc6)c5c4)cc3)c3cccc(-c4cccc5c4oc4ccccc45)c3)cc2)cc1. The Hall–Kier alpha value is -7.62. The van der Waals surface area contributed by atoms with Gasteiger partial charge in [-0.1, -0.05) is 152 Å². The van der Waals surface area contributed by atoms with Crippen LogP contribution in [0.5, 0.6) is 0 Å². The fourth-order valence-electron chi connectivity index (χ4n) is 8.48. The summed E-state index contributed by atoms with van der Waals surface area (Å²) in [6, 6.07) is 78.1. The number of para-hydroxylation sites is 4. The molecule has 0 atom stereocenters. The molecule has 0 saturated carbocycles. The van der Waals surface area contributed by atoms with Crippen molar-refractivity contribution >= 4 is 60.8 Å². The molecule has 0 aliphatic heterocycles. The molecular formula is C54H36N2O. The van der Waals surface area contributed by atoms with Gasteiger partial charge in [0, 0.05) is 49.9 Å². The second-order valence-electron chi connectivity index (χ2n) is 14.5. The molecule has 0 unspecified atom stereocenters. The van der Waals surface area contributed by atoms with Crippen molar-refractivity contribution in [2.45, 2.75) is 0 Å². The quantitative estimate of drug-likeness (QED) is 0.163. The van der Waals surface area contributed by atoms with Crippen LogP contribution < -0.4 is 4.90 Å². The van der Waals surface area contributed by atoms with Crippen LogP contribution in [0.1, 0.15) is 0 Å². The zero-order valence-electron chi connectivity index (χ0n) is 31.1. The highest BCUT2D eigenvalue weighted by Crippen LogP contribution is 2.41. The Bertz CT molecular complexity index is 3210. The summed E-state index contributed by atoms with van der Waals surface area (Å²) in [4.78, 5) is 2.34. The van der Waals surface area contributed by atoms with Crippen molar-refractivity contribution in [1.82, 2.24) is 4.57 Å². The third-order valence-corrected chi connectivity index (χ3v) is 11.2. The summed E-state index contributed by atoms with van der Waals surface area (Å²) < 4.78 is 8.86. The van der Waals surface area contributed by atoms with E-state index in [0.717, 1.165) is 61.4 Å². The molecule has 0 fully saturated rings. The van der Waals surface area contributed by atoms with E-state index in [1.807, 2.05) is 12.1 Å². The van der Waals surface area contributed by atoms with Crippen LogP contribution in [0.15, 0.2) is 223 Å². The number of rotatable bonds is 7. The molecule has 11 aromatic rings. The standard InChI is InChI=1S/C54H36N2O/c1-3-13-37(14-4-1)38-25-30-43(31-26-38)55(45-18-11-15-41(35-45)46-21-12-22-50-49-20-8-10-24-53(49)57-54(46)50)44-32-27-39(28-33-44)40-29-34-48-47-19-7-9-23-51(47)56(52(48)36-40)42-16-5-2-6-17-42/h1-36H. The first-order valence-electron chi connectivity index (χ1n) is 19.4. The van der Waals surface area contributed by atoms with Crippen molar-refractivity contribution in [2.24, 2.45) is 0 Å². The van der Waals surface area contributed by atoms with Gasteiger partial charge in [0.1, 0.15) is 11.2 Å².